The van der Waals surface area contributed by atoms with E-state index in [0.29, 0.717) is 28.3 Å². The fourth-order valence-corrected chi connectivity index (χ4v) is 6.93. The molecule has 10 nitrogen and oxygen atoms in total. The van der Waals surface area contributed by atoms with E-state index < -0.39 is 45.1 Å². The lowest BCUT2D eigenvalue weighted by Crippen LogP contribution is -2.38. The Balaban J connectivity index is 1.49. The van der Waals surface area contributed by atoms with Gasteiger partial charge in [0.1, 0.15) is 46.2 Å². The Kier molecular flexibility index (Phi) is 8.73. The van der Waals surface area contributed by atoms with E-state index in [-0.39, 0.29) is 31.0 Å². The van der Waals surface area contributed by atoms with Crippen molar-refractivity contribution in [3.8, 4) is 17.2 Å². The number of methoxy groups -OCH3 is 2. The highest BCUT2D eigenvalue weighted by atomic mass is 32.2. The summed E-state index contributed by atoms with van der Waals surface area (Å²) >= 11 is 0. The van der Waals surface area contributed by atoms with E-state index in [4.69, 9.17) is 14.2 Å². The Morgan fingerprint density at radius 1 is 1.07 bits per heavy atom. The molecule has 4 aromatic rings. The molecular formula is C30H32F3N5O5S. The summed E-state index contributed by atoms with van der Waals surface area (Å²) in [4.78, 5) is 7.37. The topological polar surface area (TPSA) is 109 Å². The average Bonchev–Trinajstić information content (AvgIpc) is 3.43. The molecule has 1 aliphatic rings. The smallest absolute Gasteiger partial charge is 0.268 e. The molecule has 0 amide bonds. The number of sulfonamides is 1. The predicted octanol–water partition coefficient (Wildman–Crippen LogP) is 5.42. The number of aryl methyl sites for hydroxylation is 2. The van der Waals surface area contributed by atoms with E-state index in [2.05, 4.69) is 15.1 Å². The fourth-order valence-electron chi connectivity index (χ4n) is 5.39. The molecule has 0 bridgehead atoms. The number of anilines is 1. The highest BCUT2D eigenvalue weighted by molar-refractivity contribution is 7.92. The number of alkyl halides is 2. The molecule has 14 heteroatoms. The van der Waals surface area contributed by atoms with Crippen LogP contribution in [0.4, 0.5) is 19.0 Å². The minimum absolute atomic E-state index is 0.0115. The second kappa shape index (κ2) is 12.3. The maximum absolute atomic E-state index is 15.8. The summed E-state index contributed by atoms with van der Waals surface area (Å²) < 4.78 is 92.1. The monoisotopic (exact) mass is 631 g/mol. The number of aromatic nitrogens is 4. The zero-order chi connectivity index (χ0) is 31.6. The molecule has 1 aliphatic carbocycles. The van der Waals surface area contributed by atoms with Crippen LogP contribution in [0.15, 0.2) is 66.1 Å². The van der Waals surface area contributed by atoms with Crippen molar-refractivity contribution in [3.05, 3.63) is 83.8 Å². The van der Waals surface area contributed by atoms with Crippen LogP contribution in [0, 0.1) is 12.7 Å². The van der Waals surface area contributed by atoms with Gasteiger partial charge in [0.25, 0.3) is 10.0 Å². The van der Waals surface area contributed by atoms with Gasteiger partial charge in [-0.1, -0.05) is 0 Å². The summed E-state index contributed by atoms with van der Waals surface area (Å²) in [7, 11) is 0.0466. The van der Waals surface area contributed by atoms with E-state index in [1.54, 1.807) is 38.2 Å². The van der Waals surface area contributed by atoms with Gasteiger partial charge in [-0.25, -0.2) is 35.9 Å². The fraction of sp³-hybridized carbons (Fsp3) is 0.367. The number of halogens is 3. The van der Waals surface area contributed by atoms with Crippen LogP contribution in [-0.4, -0.2) is 54.4 Å². The van der Waals surface area contributed by atoms with Crippen LogP contribution in [0.5, 0.6) is 17.2 Å². The SMILES string of the molecule is COc1ccc(CN(c2ccncn2)S(=O)(=O)c2cc(C)c(OC3CCC(F)(F)CC3c3ccnn3C)cc2F)c(OC)c1. The molecule has 2 atom stereocenters. The van der Waals surface area contributed by atoms with Gasteiger partial charge in [0.2, 0.25) is 5.92 Å². The molecule has 0 spiro atoms. The predicted molar refractivity (Wildman–Crippen MR) is 155 cm³/mol. The van der Waals surface area contributed by atoms with Gasteiger partial charge in [0.05, 0.1) is 20.8 Å². The standard InChI is InChI=1S/C30H32F3N5O5S/c1-19-13-28(23(31)15-26(19)43-25-7-10-30(32,33)16-22(25)24-8-12-36-37(24)2)44(39,40)38(29-9-11-34-18-35-29)17-20-5-6-21(41-3)14-27(20)42-4/h5-6,8-9,11-15,18,22,25H,7,10,16-17H2,1-4H3. The third-order valence-electron chi connectivity index (χ3n) is 7.71. The number of ether oxygens (including phenoxy) is 3. The van der Waals surface area contributed by atoms with E-state index in [9.17, 15) is 17.2 Å². The van der Waals surface area contributed by atoms with Gasteiger partial charge in [-0.3, -0.25) is 4.68 Å². The lowest BCUT2D eigenvalue weighted by molar-refractivity contribution is -0.0698. The first-order valence-electron chi connectivity index (χ1n) is 13.8. The number of hydrogen-bond acceptors (Lipinski definition) is 8. The largest absolute Gasteiger partial charge is 0.497 e. The van der Waals surface area contributed by atoms with Crippen LogP contribution in [0.1, 0.15) is 42.0 Å². The normalized spacial score (nSPS) is 18.1. The Hall–Kier alpha value is -4.33. The van der Waals surface area contributed by atoms with Crippen molar-refractivity contribution < 1.29 is 35.8 Å². The van der Waals surface area contributed by atoms with Crippen LogP contribution in [0.2, 0.25) is 0 Å². The quantitative estimate of drug-likeness (QED) is 0.228. The molecule has 2 heterocycles. The second-order valence-corrected chi connectivity index (χ2v) is 12.4. The molecule has 5 rings (SSSR count). The van der Waals surface area contributed by atoms with Crippen molar-refractivity contribution in [3.63, 3.8) is 0 Å². The summed E-state index contributed by atoms with van der Waals surface area (Å²) in [5.41, 5.74) is 1.36. The number of benzene rings is 2. The van der Waals surface area contributed by atoms with Crippen molar-refractivity contribution >= 4 is 15.8 Å². The summed E-state index contributed by atoms with van der Waals surface area (Å²) in [6.07, 6.45) is 2.57. The van der Waals surface area contributed by atoms with Crippen molar-refractivity contribution in [2.45, 2.75) is 55.6 Å². The van der Waals surface area contributed by atoms with Crippen molar-refractivity contribution in [1.82, 2.24) is 19.7 Å². The zero-order valence-corrected chi connectivity index (χ0v) is 25.4. The van der Waals surface area contributed by atoms with Gasteiger partial charge in [0, 0.05) is 67.7 Å². The van der Waals surface area contributed by atoms with E-state index in [0.717, 1.165) is 10.4 Å². The lowest BCUT2D eigenvalue weighted by atomic mass is 9.81. The highest BCUT2D eigenvalue weighted by Crippen LogP contribution is 2.44. The molecule has 2 aromatic heterocycles. The van der Waals surface area contributed by atoms with E-state index >= 15 is 4.39 Å². The molecular weight excluding hydrogens is 599 g/mol. The molecule has 2 aromatic carbocycles. The maximum atomic E-state index is 15.8. The zero-order valence-electron chi connectivity index (χ0n) is 24.6. The molecule has 0 aliphatic heterocycles. The molecule has 2 unspecified atom stereocenters. The summed E-state index contributed by atoms with van der Waals surface area (Å²) in [6.45, 7) is 1.33. The number of hydrogen-bond donors (Lipinski definition) is 0. The number of rotatable bonds is 10. The first kappa shape index (κ1) is 31.1. The maximum Gasteiger partial charge on any atom is 0.268 e. The third kappa shape index (κ3) is 6.30. The van der Waals surface area contributed by atoms with Gasteiger partial charge in [-0.05, 0) is 43.2 Å². The van der Waals surface area contributed by atoms with E-state index in [1.165, 1.54) is 49.8 Å². The van der Waals surface area contributed by atoms with Crippen LogP contribution in [0.25, 0.3) is 0 Å². The van der Waals surface area contributed by atoms with Crippen molar-refractivity contribution in [2.75, 3.05) is 18.5 Å². The van der Waals surface area contributed by atoms with E-state index in [1.807, 2.05) is 0 Å². The molecule has 1 saturated carbocycles. The highest BCUT2D eigenvalue weighted by Gasteiger charge is 2.44. The van der Waals surface area contributed by atoms with Crippen molar-refractivity contribution in [2.24, 2.45) is 7.05 Å². The van der Waals surface area contributed by atoms with Crippen LogP contribution >= 0.6 is 0 Å². The first-order chi connectivity index (χ1) is 20.9. The lowest BCUT2D eigenvalue weighted by Gasteiger charge is -2.36. The molecule has 0 saturated heterocycles. The molecule has 0 radical (unpaired) electrons. The summed E-state index contributed by atoms with van der Waals surface area (Å²) in [6, 6.07) is 10.1. The molecule has 0 N–H and O–H groups in total. The van der Waals surface area contributed by atoms with Gasteiger partial charge in [-0.2, -0.15) is 5.10 Å². The molecule has 44 heavy (non-hydrogen) atoms. The van der Waals surface area contributed by atoms with Gasteiger partial charge >= 0.3 is 0 Å². The minimum Gasteiger partial charge on any atom is -0.497 e. The van der Waals surface area contributed by atoms with Gasteiger partial charge in [0.15, 0.2) is 0 Å². The Labute approximate surface area is 253 Å². The third-order valence-corrected chi connectivity index (χ3v) is 9.47. The van der Waals surface area contributed by atoms with Gasteiger partial charge < -0.3 is 14.2 Å². The number of nitrogens with zero attached hydrogens (tertiary/aromatic N) is 5. The van der Waals surface area contributed by atoms with Crippen LogP contribution in [0.3, 0.4) is 0 Å². The van der Waals surface area contributed by atoms with Crippen LogP contribution < -0.4 is 18.5 Å². The van der Waals surface area contributed by atoms with Crippen LogP contribution in [-0.2, 0) is 23.6 Å². The molecule has 234 valence electrons. The Morgan fingerprint density at radius 2 is 1.86 bits per heavy atom. The Bertz CT molecular complexity index is 1740. The molecule has 1 fully saturated rings. The summed E-state index contributed by atoms with van der Waals surface area (Å²) in [5.74, 6) is -3.71. The van der Waals surface area contributed by atoms with Gasteiger partial charge in [-0.15, -0.1) is 0 Å². The Morgan fingerprint density at radius 3 is 2.52 bits per heavy atom. The average molecular weight is 632 g/mol. The first-order valence-corrected chi connectivity index (χ1v) is 15.2. The minimum atomic E-state index is -4.55. The second-order valence-electron chi connectivity index (χ2n) is 10.5. The summed E-state index contributed by atoms with van der Waals surface area (Å²) in [5, 5.41) is 4.10. The van der Waals surface area contributed by atoms with Crippen molar-refractivity contribution in [1.29, 1.82) is 0 Å².